The molecular formula is C28H35ClN4O5. The second-order valence-electron chi connectivity index (χ2n) is 10.0. The summed E-state index contributed by atoms with van der Waals surface area (Å²) in [5, 5.41) is 26.0. The van der Waals surface area contributed by atoms with Crippen molar-refractivity contribution in [3.8, 4) is 11.8 Å². The highest BCUT2D eigenvalue weighted by atomic mass is 35.5. The number of nitrogens with one attached hydrogen (secondary N) is 2. The van der Waals surface area contributed by atoms with Crippen LogP contribution in [0.3, 0.4) is 0 Å². The Kier molecular flexibility index (Phi) is 10.5. The molecule has 3 N–H and O–H groups in total. The highest BCUT2D eigenvalue weighted by Crippen LogP contribution is 2.33. The summed E-state index contributed by atoms with van der Waals surface area (Å²) >= 11 is 6.32. The van der Waals surface area contributed by atoms with E-state index >= 15 is 0 Å². The van der Waals surface area contributed by atoms with Crippen molar-refractivity contribution in [1.82, 2.24) is 10.2 Å². The van der Waals surface area contributed by atoms with E-state index < -0.39 is 42.1 Å². The van der Waals surface area contributed by atoms with Gasteiger partial charge in [-0.1, -0.05) is 62.2 Å². The van der Waals surface area contributed by atoms with Gasteiger partial charge in [-0.2, -0.15) is 5.26 Å². The van der Waals surface area contributed by atoms with Gasteiger partial charge in [0.25, 0.3) is 5.91 Å². The molecule has 0 aromatic heterocycles. The third-order valence-corrected chi connectivity index (χ3v) is 6.25. The normalized spacial score (nSPS) is 13.4. The number of amides is 3. The first-order chi connectivity index (χ1) is 17.8. The van der Waals surface area contributed by atoms with E-state index in [1.54, 1.807) is 65.0 Å². The third-order valence-electron chi connectivity index (χ3n) is 5.94. The second kappa shape index (κ2) is 13.2. The lowest BCUT2D eigenvalue weighted by molar-refractivity contribution is -0.141. The number of phenolic OH excluding ortho intramolecular Hbond substituents is 1. The maximum Gasteiger partial charge on any atom is 0.408 e. The zero-order valence-corrected chi connectivity index (χ0v) is 23.3. The van der Waals surface area contributed by atoms with E-state index in [1.165, 1.54) is 12.1 Å². The molecule has 0 heterocycles. The van der Waals surface area contributed by atoms with Crippen molar-refractivity contribution < 1.29 is 24.2 Å². The Hall–Kier alpha value is -3.77. The first-order valence-corrected chi connectivity index (χ1v) is 12.7. The van der Waals surface area contributed by atoms with Crippen molar-refractivity contribution >= 4 is 35.2 Å². The predicted molar refractivity (Wildman–Crippen MR) is 146 cm³/mol. The van der Waals surface area contributed by atoms with E-state index in [0.29, 0.717) is 17.7 Å². The number of aryl methyl sites for hydroxylation is 1. The van der Waals surface area contributed by atoms with Crippen molar-refractivity contribution in [2.45, 2.75) is 65.6 Å². The number of hydrogen-bond acceptors (Lipinski definition) is 6. The van der Waals surface area contributed by atoms with Crippen molar-refractivity contribution in [3.05, 3.63) is 58.6 Å². The van der Waals surface area contributed by atoms with Gasteiger partial charge in [0.2, 0.25) is 5.91 Å². The van der Waals surface area contributed by atoms with Crippen LogP contribution in [-0.4, -0.2) is 46.1 Å². The summed E-state index contributed by atoms with van der Waals surface area (Å²) in [6, 6.07) is 10.6. The van der Waals surface area contributed by atoms with Crippen LogP contribution in [0.2, 0.25) is 5.02 Å². The summed E-state index contributed by atoms with van der Waals surface area (Å²) in [6.07, 6.45) is -0.290. The molecule has 0 aliphatic rings. The van der Waals surface area contributed by atoms with Crippen LogP contribution < -0.4 is 10.6 Å². The van der Waals surface area contributed by atoms with E-state index in [9.17, 15) is 24.8 Å². The molecule has 2 rings (SSSR count). The number of benzene rings is 2. The fourth-order valence-electron chi connectivity index (χ4n) is 3.82. The molecule has 3 amide bonds. The lowest BCUT2D eigenvalue weighted by Crippen LogP contribution is -2.54. The van der Waals surface area contributed by atoms with Crippen molar-refractivity contribution in [2.75, 3.05) is 11.9 Å². The number of phenols is 1. The maximum atomic E-state index is 14.0. The number of carbonyl (C=O) groups excluding carboxylic acids is 3. The molecule has 2 aromatic carbocycles. The zero-order chi connectivity index (χ0) is 28.6. The van der Waals surface area contributed by atoms with Crippen LogP contribution in [0.5, 0.6) is 5.75 Å². The van der Waals surface area contributed by atoms with E-state index in [-0.39, 0.29) is 22.3 Å². The lowest BCUT2D eigenvalue weighted by Gasteiger charge is -2.35. The molecule has 0 radical (unpaired) electrons. The number of carbonyl (C=O) groups is 3. The standard InChI is InChI=1S/C28H35ClN4O5/c1-7-17(2)23(32-27(37)38-28(4,5)6)26(36)33(16-15-30)24(19-12-8-9-14-21(19)34)25(35)31-22-18(3)11-10-13-20(22)29/h8-14,17,23-24,34H,7,16H2,1-6H3,(H,31,35)(H,32,37). The molecule has 3 unspecified atom stereocenters. The SMILES string of the molecule is CCC(C)C(NC(=O)OC(C)(C)C)C(=O)N(CC#N)C(C(=O)Nc1c(C)cccc1Cl)c1ccccc1O. The molecule has 0 bridgehead atoms. The number of nitriles is 1. The minimum Gasteiger partial charge on any atom is -0.508 e. The quantitative estimate of drug-likeness (QED) is 0.367. The molecule has 0 aliphatic carbocycles. The van der Waals surface area contributed by atoms with E-state index in [0.717, 1.165) is 4.90 Å². The van der Waals surface area contributed by atoms with E-state index in [4.69, 9.17) is 16.3 Å². The van der Waals surface area contributed by atoms with Crippen LogP contribution in [0.15, 0.2) is 42.5 Å². The van der Waals surface area contributed by atoms with Gasteiger partial charge < -0.3 is 25.4 Å². The summed E-state index contributed by atoms with van der Waals surface area (Å²) in [4.78, 5) is 41.4. The molecule has 9 nitrogen and oxygen atoms in total. The van der Waals surface area contributed by atoms with Gasteiger partial charge in [0.15, 0.2) is 0 Å². The molecule has 0 fully saturated rings. The fraction of sp³-hybridized carbons (Fsp3) is 0.429. The van der Waals surface area contributed by atoms with Gasteiger partial charge in [-0.3, -0.25) is 9.59 Å². The number of rotatable bonds is 9. The number of anilines is 1. The van der Waals surface area contributed by atoms with Crippen LogP contribution in [0.25, 0.3) is 0 Å². The summed E-state index contributed by atoms with van der Waals surface area (Å²) in [6.45, 7) is 9.99. The molecule has 0 aliphatic heterocycles. The highest BCUT2D eigenvalue weighted by Gasteiger charge is 2.39. The molecule has 0 saturated heterocycles. The first kappa shape index (κ1) is 30.5. The fourth-order valence-corrected chi connectivity index (χ4v) is 4.09. The number of alkyl carbamates (subject to hydrolysis) is 1. The summed E-state index contributed by atoms with van der Waals surface area (Å²) in [7, 11) is 0. The van der Waals surface area contributed by atoms with Gasteiger partial charge in [0.05, 0.1) is 16.8 Å². The Bertz CT molecular complexity index is 1180. The Labute approximate surface area is 228 Å². The lowest BCUT2D eigenvalue weighted by atomic mass is 9.95. The van der Waals surface area contributed by atoms with Crippen molar-refractivity contribution in [1.29, 1.82) is 5.26 Å². The molecule has 204 valence electrons. The van der Waals surface area contributed by atoms with Gasteiger partial charge in [-0.15, -0.1) is 0 Å². The second-order valence-corrected chi connectivity index (χ2v) is 10.4. The molecule has 2 aromatic rings. The van der Waals surface area contributed by atoms with Crippen molar-refractivity contribution in [3.63, 3.8) is 0 Å². The number of hydrogen-bond donors (Lipinski definition) is 3. The molecule has 38 heavy (non-hydrogen) atoms. The number of nitrogens with zero attached hydrogens (tertiary/aromatic N) is 2. The van der Waals surface area contributed by atoms with Crippen LogP contribution in [0.1, 0.15) is 58.2 Å². The summed E-state index contributed by atoms with van der Waals surface area (Å²) < 4.78 is 5.35. The molecule has 3 atom stereocenters. The molecule has 0 saturated carbocycles. The predicted octanol–water partition coefficient (Wildman–Crippen LogP) is 5.33. The third kappa shape index (κ3) is 7.86. The minimum absolute atomic E-state index is 0.110. The minimum atomic E-state index is -1.41. The van der Waals surface area contributed by atoms with Gasteiger partial charge in [0, 0.05) is 5.56 Å². The number of ether oxygens (including phenoxy) is 1. The Balaban J connectivity index is 2.58. The first-order valence-electron chi connectivity index (χ1n) is 12.3. The van der Waals surface area contributed by atoms with E-state index in [2.05, 4.69) is 10.6 Å². The maximum absolute atomic E-state index is 14.0. The molecule has 10 heteroatoms. The number of halogens is 1. The Morgan fingerprint density at radius 2 is 1.82 bits per heavy atom. The average Bonchev–Trinajstić information content (AvgIpc) is 2.83. The number of para-hydroxylation sites is 2. The van der Waals surface area contributed by atoms with E-state index in [1.807, 2.05) is 13.0 Å². The summed E-state index contributed by atoms with van der Waals surface area (Å²) in [5.74, 6) is -1.97. The van der Waals surface area contributed by atoms with Gasteiger partial charge >= 0.3 is 6.09 Å². The van der Waals surface area contributed by atoms with Crippen LogP contribution >= 0.6 is 11.6 Å². The largest absolute Gasteiger partial charge is 0.508 e. The molecule has 0 spiro atoms. The molecular weight excluding hydrogens is 508 g/mol. The zero-order valence-electron chi connectivity index (χ0n) is 22.5. The Morgan fingerprint density at radius 3 is 2.37 bits per heavy atom. The van der Waals surface area contributed by atoms with Crippen LogP contribution in [0.4, 0.5) is 10.5 Å². The Morgan fingerprint density at radius 1 is 1.16 bits per heavy atom. The topological polar surface area (TPSA) is 132 Å². The van der Waals surface area contributed by atoms with Crippen LogP contribution in [-0.2, 0) is 14.3 Å². The van der Waals surface area contributed by atoms with Crippen LogP contribution in [0, 0.1) is 24.2 Å². The van der Waals surface area contributed by atoms with Gasteiger partial charge in [-0.05, 0) is 51.3 Å². The number of aromatic hydroxyl groups is 1. The van der Waals surface area contributed by atoms with Gasteiger partial charge in [-0.25, -0.2) is 4.79 Å². The highest BCUT2D eigenvalue weighted by molar-refractivity contribution is 6.34. The average molecular weight is 543 g/mol. The van der Waals surface area contributed by atoms with Crippen molar-refractivity contribution in [2.24, 2.45) is 5.92 Å². The smallest absolute Gasteiger partial charge is 0.408 e. The monoisotopic (exact) mass is 542 g/mol. The van der Waals surface area contributed by atoms with Gasteiger partial charge in [0.1, 0.15) is 30.0 Å². The summed E-state index contributed by atoms with van der Waals surface area (Å²) in [5.41, 5.74) is 0.335.